The van der Waals surface area contributed by atoms with Gasteiger partial charge in [-0.15, -0.1) is 0 Å². The standard InChI is InChI=1S/C15H29O9PS.C12H10O.K/c1-8-9-10(26(19,20)21)25(18)24-13(22-11(16)14(2,3)4)23-12(17)15(5,6)7;1-3-7-11(8-4-1)13-12-9-5-2-6-10-12;/h10,13,25H,8-9H2,1-7H3,(H,19,20,21);1-10H;/q;;+1/p-1/t10-;;/m0../s1. The van der Waals surface area contributed by atoms with Gasteiger partial charge in [-0.2, -0.15) is 0 Å². The Morgan fingerprint density at radius 2 is 1.20 bits per heavy atom. The normalized spacial score (nSPS) is 13.1. The van der Waals surface area contributed by atoms with Gasteiger partial charge in [0.15, 0.2) is 0 Å². The van der Waals surface area contributed by atoms with E-state index in [0.717, 1.165) is 11.5 Å². The van der Waals surface area contributed by atoms with Crippen LogP contribution < -0.4 is 56.1 Å². The zero-order valence-electron chi connectivity index (χ0n) is 24.3. The third-order valence-corrected chi connectivity index (χ3v) is 8.34. The molecule has 0 spiro atoms. The van der Waals surface area contributed by atoms with E-state index in [-0.39, 0.29) is 64.2 Å². The molecule has 0 saturated heterocycles. The summed E-state index contributed by atoms with van der Waals surface area (Å²) in [5.41, 5.74) is -1.97. The van der Waals surface area contributed by atoms with Crippen molar-refractivity contribution in [3.63, 3.8) is 0 Å². The van der Waals surface area contributed by atoms with E-state index in [0.29, 0.717) is 0 Å². The van der Waals surface area contributed by atoms with Crippen LogP contribution in [-0.4, -0.2) is 36.4 Å². The molecule has 2 aromatic rings. The van der Waals surface area contributed by atoms with Crippen molar-refractivity contribution in [2.75, 3.05) is 0 Å². The molecule has 1 unspecified atom stereocenters. The predicted molar refractivity (Wildman–Crippen MR) is 146 cm³/mol. The van der Waals surface area contributed by atoms with Gasteiger partial charge in [0, 0.05) is 0 Å². The number of ether oxygens (including phenoxy) is 3. The van der Waals surface area contributed by atoms with E-state index < -0.39 is 52.4 Å². The van der Waals surface area contributed by atoms with Crippen molar-refractivity contribution in [3.8, 4) is 11.5 Å². The molecule has 0 fully saturated rings. The van der Waals surface area contributed by atoms with Gasteiger partial charge in [-0.25, -0.2) is 8.42 Å². The topological polar surface area (TPSA) is 145 Å². The maximum atomic E-state index is 12.3. The Morgan fingerprint density at radius 1 is 0.825 bits per heavy atom. The Balaban J connectivity index is 0.000000899. The van der Waals surface area contributed by atoms with Gasteiger partial charge in [0.1, 0.15) is 26.6 Å². The summed E-state index contributed by atoms with van der Waals surface area (Å²) in [5.74, 6) is 0.0921. The molecule has 2 atom stereocenters. The molecule has 0 N–H and O–H groups in total. The van der Waals surface area contributed by atoms with Gasteiger partial charge in [-0.05, 0) is 72.2 Å². The van der Waals surface area contributed by atoms with Crippen LogP contribution in [0, 0.1) is 10.8 Å². The van der Waals surface area contributed by atoms with Crippen LogP contribution in [0.4, 0.5) is 0 Å². The van der Waals surface area contributed by atoms with Crippen molar-refractivity contribution in [2.24, 2.45) is 10.8 Å². The van der Waals surface area contributed by atoms with Crippen molar-refractivity contribution < 1.29 is 97.2 Å². The largest absolute Gasteiger partial charge is 1.00 e. The summed E-state index contributed by atoms with van der Waals surface area (Å²) in [6.07, 6.45) is 0.0664. The minimum absolute atomic E-state index is 0. The van der Waals surface area contributed by atoms with Crippen LogP contribution in [0.15, 0.2) is 60.7 Å². The second-order valence-corrected chi connectivity index (χ2v) is 14.1. The van der Waals surface area contributed by atoms with Gasteiger partial charge in [-0.3, -0.25) is 18.7 Å². The summed E-state index contributed by atoms with van der Waals surface area (Å²) in [5, 5.41) is 0. The number of para-hydroxylation sites is 2. The van der Waals surface area contributed by atoms with Crippen molar-refractivity contribution in [3.05, 3.63) is 60.7 Å². The first-order chi connectivity index (χ1) is 17.9. The number of rotatable bonds is 10. The average Bonchev–Trinajstić information content (AvgIpc) is 2.82. The molecule has 0 saturated carbocycles. The van der Waals surface area contributed by atoms with Crippen molar-refractivity contribution in [1.29, 1.82) is 0 Å². The molecule has 0 amide bonds. The zero-order valence-corrected chi connectivity index (χ0v) is 29.3. The van der Waals surface area contributed by atoms with Crippen molar-refractivity contribution in [1.82, 2.24) is 0 Å². The molecular formula is C27H38KO10PS. The quantitative estimate of drug-likeness (QED) is 0.127. The van der Waals surface area contributed by atoms with Crippen LogP contribution in [0.3, 0.4) is 0 Å². The number of carbonyl (C=O) groups is 2. The summed E-state index contributed by atoms with van der Waals surface area (Å²) >= 11 is 0. The molecule has 2 aromatic carbocycles. The van der Waals surface area contributed by atoms with Gasteiger partial charge in [-0.1, -0.05) is 49.7 Å². The number of carbonyl (C=O) groups excluding carboxylic acids is 2. The molecule has 0 aromatic heterocycles. The van der Waals surface area contributed by atoms with Gasteiger partial charge in [0.05, 0.1) is 10.8 Å². The Bertz CT molecular complexity index is 1110. The van der Waals surface area contributed by atoms with E-state index in [9.17, 15) is 27.1 Å². The molecule has 0 radical (unpaired) electrons. The molecule has 0 bridgehead atoms. The molecule has 2 rings (SSSR count). The van der Waals surface area contributed by atoms with Crippen LogP contribution >= 0.6 is 8.03 Å². The van der Waals surface area contributed by atoms with E-state index in [1.54, 1.807) is 6.92 Å². The van der Waals surface area contributed by atoms with Gasteiger partial charge in [0.2, 0.25) is 8.03 Å². The monoisotopic (exact) mass is 624 g/mol. The van der Waals surface area contributed by atoms with Crippen LogP contribution in [0.2, 0.25) is 0 Å². The first-order valence-corrected chi connectivity index (χ1v) is 15.2. The second-order valence-electron chi connectivity index (χ2n) is 10.5. The molecule has 40 heavy (non-hydrogen) atoms. The van der Waals surface area contributed by atoms with E-state index >= 15 is 0 Å². The van der Waals surface area contributed by atoms with Crippen LogP contribution in [0.5, 0.6) is 11.5 Å². The summed E-state index contributed by atoms with van der Waals surface area (Å²) in [6, 6.07) is 19.5. The number of hydrogen-bond acceptors (Lipinski definition) is 10. The second kappa shape index (κ2) is 17.8. The average molecular weight is 625 g/mol. The van der Waals surface area contributed by atoms with E-state index in [2.05, 4.69) is 0 Å². The third kappa shape index (κ3) is 15.2. The zero-order chi connectivity index (χ0) is 29.9. The molecule has 0 aliphatic heterocycles. The minimum atomic E-state index is -4.91. The Kier molecular flexibility index (Phi) is 17.3. The smallest absolute Gasteiger partial charge is 0.747 e. The number of esters is 2. The van der Waals surface area contributed by atoms with Crippen molar-refractivity contribution in [2.45, 2.75) is 72.8 Å². The minimum Gasteiger partial charge on any atom is -0.747 e. The van der Waals surface area contributed by atoms with Crippen LogP contribution in [0.25, 0.3) is 0 Å². The molecule has 0 heterocycles. The molecule has 13 heteroatoms. The van der Waals surface area contributed by atoms with E-state index in [1.807, 2.05) is 60.7 Å². The molecule has 218 valence electrons. The summed E-state index contributed by atoms with van der Waals surface area (Å²) < 4.78 is 66.4. The van der Waals surface area contributed by atoms with E-state index in [1.165, 1.54) is 41.5 Å². The molecular weight excluding hydrogens is 586 g/mol. The van der Waals surface area contributed by atoms with Gasteiger partial charge in [0.25, 0.3) is 0 Å². The number of hydrogen-bond donors (Lipinski definition) is 0. The first-order valence-electron chi connectivity index (χ1n) is 12.3. The molecule has 10 nitrogen and oxygen atoms in total. The fraction of sp³-hybridized carbons (Fsp3) is 0.481. The first kappa shape index (κ1) is 38.9. The molecule has 0 aliphatic rings. The summed E-state index contributed by atoms with van der Waals surface area (Å²) in [4.78, 5) is 22.2. The summed E-state index contributed by atoms with van der Waals surface area (Å²) in [7, 11) is -8.44. The SMILES string of the molecule is CCC[C@@H]([PH](=O)OC(OC(=O)C(C)(C)C)OC(=O)C(C)(C)C)S(=O)(=O)[O-].[K+].c1ccc(Oc2ccccc2)cc1. The van der Waals surface area contributed by atoms with E-state index in [4.69, 9.17) is 18.7 Å². The molecule has 0 aliphatic carbocycles. The third-order valence-electron chi connectivity index (χ3n) is 4.73. The Hall–Kier alpha value is -1.08. The predicted octanol–water partition coefficient (Wildman–Crippen LogP) is 3.09. The van der Waals surface area contributed by atoms with Crippen LogP contribution in [0.1, 0.15) is 61.3 Å². The fourth-order valence-electron chi connectivity index (χ4n) is 2.53. The van der Waals surface area contributed by atoms with Gasteiger partial charge < -0.3 is 18.8 Å². The summed E-state index contributed by atoms with van der Waals surface area (Å²) in [6.45, 7) is 8.77. The number of benzene rings is 2. The maximum Gasteiger partial charge on any atom is 1.00 e. The maximum absolute atomic E-state index is 12.3. The van der Waals surface area contributed by atoms with Crippen molar-refractivity contribution >= 4 is 30.1 Å². The van der Waals surface area contributed by atoms with Crippen LogP contribution in [-0.2, 0) is 38.3 Å². The fourth-order valence-corrected chi connectivity index (χ4v) is 5.12. The van der Waals surface area contributed by atoms with Gasteiger partial charge >= 0.3 is 69.8 Å². The Morgan fingerprint density at radius 3 is 1.50 bits per heavy atom. The Labute approximate surface area is 280 Å².